The van der Waals surface area contributed by atoms with E-state index in [1.54, 1.807) is 0 Å². The number of carbonyl (C=O) groups excluding carboxylic acids is 1. The molecule has 6 heteroatoms. The highest BCUT2D eigenvalue weighted by atomic mass is 16.2. The number of aromatic nitrogens is 2. The molecule has 0 saturated carbocycles. The molecule has 0 unspecified atom stereocenters. The molecule has 0 aliphatic carbocycles. The SMILES string of the molecule is CC(C)N1CCc2c(C(=O)N3CCC(N(C)C)CC3)n[nH]c2C1. The third-order valence-corrected chi connectivity index (χ3v) is 5.38. The van der Waals surface area contributed by atoms with E-state index in [2.05, 4.69) is 47.9 Å². The van der Waals surface area contributed by atoms with Gasteiger partial charge in [0.2, 0.25) is 0 Å². The average molecular weight is 319 g/mol. The molecule has 3 heterocycles. The van der Waals surface area contributed by atoms with Crippen LogP contribution < -0.4 is 0 Å². The van der Waals surface area contributed by atoms with Crippen molar-refractivity contribution < 1.29 is 4.79 Å². The van der Waals surface area contributed by atoms with E-state index < -0.39 is 0 Å². The molecule has 1 amide bonds. The van der Waals surface area contributed by atoms with Crippen LogP contribution in [0.2, 0.25) is 0 Å². The highest BCUT2D eigenvalue weighted by molar-refractivity contribution is 5.94. The third kappa shape index (κ3) is 3.28. The molecule has 1 aromatic heterocycles. The van der Waals surface area contributed by atoms with Crippen LogP contribution in [0, 0.1) is 0 Å². The van der Waals surface area contributed by atoms with Crippen LogP contribution in [-0.4, -0.2) is 76.6 Å². The maximum atomic E-state index is 12.8. The molecule has 2 aliphatic heterocycles. The summed E-state index contributed by atoms with van der Waals surface area (Å²) in [5.74, 6) is 0.109. The number of nitrogens with one attached hydrogen (secondary N) is 1. The number of aromatic amines is 1. The van der Waals surface area contributed by atoms with Crippen LogP contribution in [0.5, 0.6) is 0 Å². The largest absolute Gasteiger partial charge is 0.337 e. The molecule has 1 saturated heterocycles. The molecule has 1 fully saturated rings. The van der Waals surface area contributed by atoms with Gasteiger partial charge in [0.15, 0.2) is 5.69 Å². The van der Waals surface area contributed by atoms with E-state index in [0.717, 1.165) is 56.7 Å². The second-order valence-electron chi connectivity index (χ2n) is 7.33. The normalized spacial score (nSPS) is 20.3. The number of likely N-dealkylation sites (tertiary alicyclic amines) is 1. The Morgan fingerprint density at radius 2 is 1.96 bits per heavy atom. The summed E-state index contributed by atoms with van der Waals surface area (Å²) in [5.41, 5.74) is 2.92. The average Bonchev–Trinajstić information content (AvgIpc) is 2.97. The quantitative estimate of drug-likeness (QED) is 0.913. The van der Waals surface area contributed by atoms with Crippen molar-refractivity contribution in [1.29, 1.82) is 0 Å². The lowest BCUT2D eigenvalue weighted by Crippen LogP contribution is -2.45. The van der Waals surface area contributed by atoms with Crippen LogP contribution in [0.15, 0.2) is 0 Å². The van der Waals surface area contributed by atoms with Gasteiger partial charge in [0, 0.05) is 43.8 Å². The molecule has 2 aliphatic rings. The van der Waals surface area contributed by atoms with Gasteiger partial charge in [0.1, 0.15) is 0 Å². The molecule has 128 valence electrons. The molecule has 6 nitrogen and oxygen atoms in total. The first-order valence-corrected chi connectivity index (χ1v) is 8.73. The Labute approximate surface area is 138 Å². The molecule has 23 heavy (non-hydrogen) atoms. The lowest BCUT2D eigenvalue weighted by Gasteiger charge is -2.35. The van der Waals surface area contributed by atoms with Crippen molar-refractivity contribution in [2.45, 2.75) is 51.7 Å². The third-order valence-electron chi connectivity index (χ3n) is 5.38. The fraction of sp³-hybridized carbons (Fsp3) is 0.765. The molecule has 0 aromatic carbocycles. The Balaban J connectivity index is 1.68. The van der Waals surface area contributed by atoms with Gasteiger partial charge in [-0.3, -0.25) is 14.8 Å². The van der Waals surface area contributed by atoms with Crippen molar-refractivity contribution in [3.05, 3.63) is 17.0 Å². The molecule has 1 N–H and O–H groups in total. The summed E-state index contributed by atoms with van der Waals surface area (Å²) in [7, 11) is 4.24. The summed E-state index contributed by atoms with van der Waals surface area (Å²) in [6.07, 6.45) is 3.01. The van der Waals surface area contributed by atoms with E-state index in [0.29, 0.717) is 17.8 Å². The Bertz CT molecular complexity index is 557. The highest BCUT2D eigenvalue weighted by Gasteiger charge is 2.30. The number of hydrogen-bond donors (Lipinski definition) is 1. The van der Waals surface area contributed by atoms with Crippen molar-refractivity contribution in [3.8, 4) is 0 Å². The summed E-state index contributed by atoms with van der Waals surface area (Å²) < 4.78 is 0. The monoisotopic (exact) mass is 319 g/mol. The number of H-pyrrole nitrogens is 1. The van der Waals surface area contributed by atoms with Crippen LogP contribution >= 0.6 is 0 Å². The molecule has 3 rings (SSSR count). The zero-order valence-electron chi connectivity index (χ0n) is 14.8. The fourth-order valence-electron chi connectivity index (χ4n) is 3.69. The molecule has 0 bridgehead atoms. The van der Waals surface area contributed by atoms with E-state index >= 15 is 0 Å². The number of amides is 1. The van der Waals surface area contributed by atoms with Crippen molar-refractivity contribution in [1.82, 2.24) is 24.9 Å². The first kappa shape index (κ1) is 16.5. The minimum absolute atomic E-state index is 0.109. The minimum atomic E-state index is 0.109. The lowest BCUT2D eigenvalue weighted by atomic mass is 10.0. The number of hydrogen-bond acceptors (Lipinski definition) is 4. The zero-order chi connectivity index (χ0) is 16.6. The number of rotatable bonds is 3. The Hall–Kier alpha value is -1.40. The minimum Gasteiger partial charge on any atom is -0.337 e. The van der Waals surface area contributed by atoms with Crippen LogP contribution in [0.4, 0.5) is 0 Å². The van der Waals surface area contributed by atoms with Crippen molar-refractivity contribution in [3.63, 3.8) is 0 Å². The summed E-state index contributed by atoms with van der Waals surface area (Å²) >= 11 is 0. The van der Waals surface area contributed by atoms with Gasteiger partial charge in [-0.1, -0.05) is 0 Å². The Morgan fingerprint density at radius 3 is 2.57 bits per heavy atom. The van der Waals surface area contributed by atoms with Gasteiger partial charge in [0.05, 0.1) is 5.69 Å². The van der Waals surface area contributed by atoms with Gasteiger partial charge in [-0.15, -0.1) is 0 Å². The maximum absolute atomic E-state index is 12.8. The van der Waals surface area contributed by atoms with E-state index in [-0.39, 0.29) is 5.91 Å². The summed E-state index contributed by atoms with van der Waals surface area (Å²) in [4.78, 5) is 19.5. The van der Waals surface area contributed by atoms with Crippen molar-refractivity contribution >= 4 is 5.91 Å². The topological polar surface area (TPSA) is 55.5 Å². The first-order valence-electron chi connectivity index (χ1n) is 8.73. The second-order valence-corrected chi connectivity index (χ2v) is 7.33. The van der Waals surface area contributed by atoms with Crippen molar-refractivity contribution in [2.24, 2.45) is 0 Å². The van der Waals surface area contributed by atoms with E-state index in [4.69, 9.17) is 0 Å². The van der Waals surface area contributed by atoms with E-state index in [1.165, 1.54) is 0 Å². The number of fused-ring (bicyclic) bond motifs is 1. The van der Waals surface area contributed by atoms with Crippen LogP contribution in [-0.2, 0) is 13.0 Å². The van der Waals surface area contributed by atoms with Gasteiger partial charge < -0.3 is 9.80 Å². The summed E-state index contributed by atoms with van der Waals surface area (Å²) in [5, 5.41) is 7.48. The first-order chi connectivity index (χ1) is 11.0. The maximum Gasteiger partial charge on any atom is 0.274 e. The standard InChI is InChI=1S/C17H29N5O/c1-12(2)22-10-7-14-15(11-22)18-19-16(14)17(23)21-8-5-13(6-9-21)20(3)4/h12-13H,5-11H2,1-4H3,(H,18,19). The molecule has 0 radical (unpaired) electrons. The molecule has 1 aromatic rings. The number of piperidine rings is 1. The summed E-state index contributed by atoms with van der Waals surface area (Å²) in [6, 6.07) is 1.11. The Kier molecular flexibility index (Phi) is 4.73. The van der Waals surface area contributed by atoms with E-state index in [9.17, 15) is 4.79 Å². The van der Waals surface area contributed by atoms with Crippen LogP contribution in [0.25, 0.3) is 0 Å². The number of carbonyl (C=O) groups is 1. The predicted octanol–water partition coefficient (Wildman–Crippen LogP) is 1.34. The second kappa shape index (κ2) is 6.61. The lowest BCUT2D eigenvalue weighted by molar-refractivity contribution is 0.0656. The molecule has 0 atom stereocenters. The van der Waals surface area contributed by atoms with Crippen molar-refractivity contribution in [2.75, 3.05) is 33.7 Å². The number of nitrogens with zero attached hydrogens (tertiary/aromatic N) is 4. The summed E-state index contributed by atoms with van der Waals surface area (Å²) in [6.45, 7) is 7.97. The molecular formula is C17H29N5O. The highest BCUT2D eigenvalue weighted by Crippen LogP contribution is 2.24. The van der Waals surface area contributed by atoms with Gasteiger partial charge in [-0.05, 0) is 47.2 Å². The molecular weight excluding hydrogens is 290 g/mol. The molecule has 0 spiro atoms. The van der Waals surface area contributed by atoms with Gasteiger partial charge in [-0.2, -0.15) is 5.10 Å². The van der Waals surface area contributed by atoms with Gasteiger partial charge in [-0.25, -0.2) is 0 Å². The fourth-order valence-corrected chi connectivity index (χ4v) is 3.69. The van der Waals surface area contributed by atoms with Crippen LogP contribution in [0.3, 0.4) is 0 Å². The smallest absolute Gasteiger partial charge is 0.274 e. The Morgan fingerprint density at radius 1 is 1.26 bits per heavy atom. The van der Waals surface area contributed by atoms with Crippen LogP contribution in [0.1, 0.15) is 48.4 Å². The van der Waals surface area contributed by atoms with E-state index in [1.807, 2.05) is 4.90 Å². The van der Waals surface area contributed by atoms with Gasteiger partial charge in [0.25, 0.3) is 5.91 Å². The zero-order valence-corrected chi connectivity index (χ0v) is 14.8. The van der Waals surface area contributed by atoms with Gasteiger partial charge >= 0.3 is 0 Å². The predicted molar refractivity (Wildman–Crippen MR) is 90.5 cm³/mol.